The average molecular weight is 973 g/mol. The van der Waals surface area contributed by atoms with Gasteiger partial charge >= 0.3 is 11.4 Å². The first-order valence-corrected chi connectivity index (χ1v) is 27.4. The van der Waals surface area contributed by atoms with Gasteiger partial charge in [-0.3, -0.25) is 13.8 Å². The van der Waals surface area contributed by atoms with Crippen molar-refractivity contribution in [3.63, 3.8) is 0 Å². The number of aliphatic imine (C=N–C) groups is 2. The normalized spacial score (nSPS) is 25.3. The summed E-state index contributed by atoms with van der Waals surface area (Å²) in [5, 5.41) is 17.6. The van der Waals surface area contributed by atoms with E-state index in [0.29, 0.717) is 62.4 Å². The molecule has 0 bridgehead atoms. The Morgan fingerprint density at radius 1 is 0.788 bits per heavy atom. The molecule has 17 nitrogen and oxygen atoms in total. The quantitative estimate of drug-likeness (QED) is 0.0959. The predicted octanol–water partition coefficient (Wildman–Crippen LogP) is 9.08. The molecule has 8 atom stereocenters. The van der Waals surface area contributed by atoms with Crippen LogP contribution in [0.1, 0.15) is 129 Å². The van der Waals surface area contributed by atoms with E-state index in [1.165, 1.54) is 0 Å². The molecule has 0 aromatic carbocycles. The molecule has 0 N–H and O–H groups in total. The van der Waals surface area contributed by atoms with E-state index in [4.69, 9.17) is 40.3 Å². The lowest BCUT2D eigenvalue weighted by atomic mass is 10.0. The highest BCUT2D eigenvalue weighted by Crippen LogP contribution is 2.51. The second kappa shape index (κ2) is 25.8. The zero-order chi connectivity index (χ0) is 48.1. The van der Waals surface area contributed by atoms with Gasteiger partial charge in [0.2, 0.25) is 0 Å². The number of amidine groups is 2. The third-order valence-corrected chi connectivity index (χ3v) is 17.1. The summed E-state index contributed by atoms with van der Waals surface area (Å²) in [5.74, 6) is 3.39. The van der Waals surface area contributed by atoms with Crippen LogP contribution in [0.4, 0.5) is 11.6 Å². The van der Waals surface area contributed by atoms with Crippen molar-refractivity contribution in [3.8, 4) is 12.1 Å². The first-order chi connectivity index (χ1) is 31.6. The van der Waals surface area contributed by atoms with Crippen molar-refractivity contribution in [2.45, 2.75) is 156 Å². The summed E-state index contributed by atoms with van der Waals surface area (Å²) in [7, 11) is 2.00. The molecule has 4 fully saturated rings. The van der Waals surface area contributed by atoms with Crippen LogP contribution in [0.2, 0.25) is 0 Å². The molecule has 4 unspecified atom stereocenters. The van der Waals surface area contributed by atoms with Crippen molar-refractivity contribution in [2.24, 2.45) is 21.8 Å². The first-order valence-electron chi connectivity index (χ1n) is 23.6. The number of halogens is 1. The summed E-state index contributed by atoms with van der Waals surface area (Å²) in [6, 6.07) is 4.90. The molecular weight excluding hydrogens is 900 g/mol. The van der Waals surface area contributed by atoms with E-state index in [-0.39, 0.29) is 47.9 Å². The van der Waals surface area contributed by atoms with Crippen LogP contribution in [0.25, 0.3) is 0 Å². The molecule has 4 saturated heterocycles. The molecule has 66 heavy (non-hydrogen) atoms. The van der Waals surface area contributed by atoms with Gasteiger partial charge in [0.1, 0.15) is 39.9 Å². The van der Waals surface area contributed by atoms with E-state index >= 15 is 0 Å². The molecule has 0 aliphatic carbocycles. The summed E-state index contributed by atoms with van der Waals surface area (Å²) in [4.78, 5) is 47.9. The molecule has 0 spiro atoms. The zero-order valence-electron chi connectivity index (χ0n) is 40.7. The van der Waals surface area contributed by atoms with Gasteiger partial charge in [0.15, 0.2) is 11.6 Å². The average Bonchev–Trinajstić information content (AvgIpc) is 4.08. The Labute approximate surface area is 399 Å². The maximum absolute atomic E-state index is 13.0. The van der Waals surface area contributed by atoms with Crippen molar-refractivity contribution in [3.05, 3.63) is 44.5 Å². The van der Waals surface area contributed by atoms with Crippen molar-refractivity contribution >= 4 is 50.3 Å². The lowest BCUT2D eigenvalue weighted by molar-refractivity contribution is -0.00764. The summed E-state index contributed by atoms with van der Waals surface area (Å²) < 4.78 is 30.1. The molecule has 0 radical (unpaired) electrons. The Morgan fingerprint density at radius 2 is 1.23 bits per heavy atom. The summed E-state index contributed by atoms with van der Waals surface area (Å²) in [6.07, 6.45) is 12.3. The molecule has 4 aliphatic heterocycles. The number of hydrogen-bond donors (Lipinski definition) is 0. The van der Waals surface area contributed by atoms with Crippen LogP contribution < -0.4 is 11.4 Å². The van der Waals surface area contributed by atoms with Crippen LogP contribution in [-0.4, -0.2) is 122 Å². The Bertz CT molecular complexity index is 2170. The van der Waals surface area contributed by atoms with Crippen LogP contribution >= 0.6 is 27.0 Å². The van der Waals surface area contributed by atoms with Crippen molar-refractivity contribution in [2.75, 3.05) is 52.7 Å². The monoisotopic (exact) mass is 971 g/mol. The van der Waals surface area contributed by atoms with E-state index < -0.39 is 15.8 Å². The Morgan fingerprint density at radius 3 is 1.62 bits per heavy atom. The van der Waals surface area contributed by atoms with Crippen LogP contribution in [0.15, 0.2) is 32.0 Å². The van der Waals surface area contributed by atoms with E-state index in [0.717, 1.165) is 87.0 Å². The van der Waals surface area contributed by atoms with Gasteiger partial charge in [0.25, 0.3) is 0 Å². The van der Waals surface area contributed by atoms with E-state index in [9.17, 15) is 9.59 Å². The second-order valence-electron chi connectivity index (χ2n) is 18.1. The Kier molecular flexibility index (Phi) is 21.0. The van der Waals surface area contributed by atoms with Gasteiger partial charge in [-0.2, -0.15) is 20.5 Å². The summed E-state index contributed by atoms with van der Waals surface area (Å²) in [6.45, 7) is 19.6. The Balaban J connectivity index is 0.000000251. The molecule has 364 valence electrons. The molecule has 6 rings (SSSR count). The number of nitriles is 2. The minimum Gasteiger partial charge on any atom is -0.363 e. The van der Waals surface area contributed by atoms with Crippen molar-refractivity contribution in [1.29, 1.82) is 10.5 Å². The highest BCUT2D eigenvalue weighted by Gasteiger charge is 2.40. The summed E-state index contributed by atoms with van der Waals surface area (Å²) in [5.41, 5.74) is 1.05. The maximum atomic E-state index is 13.0. The largest absolute Gasteiger partial charge is 0.363 e. The molecule has 4 aliphatic rings. The van der Waals surface area contributed by atoms with E-state index in [1.807, 2.05) is 34.1 Å². The third kappa shape index (κ3) is 14.3. The Hall–Kier alpha value is -3.37. The third-order valence-electron chi connectivity index (χ3n) is 12.5. The fraction of sp³-hybridized carbons (Fsp3) is 0.739. The number of hydrogen-bond acceptors (Lipinski definition) is 13. The predicted molar refractivity (Wildman–Crippen MR) is 263 cm³/mol. The smallest absolute Gasteiger partial charge is 0.351 e. The SMILES string of the molecule is CC[C@H]1OC(n2cc(C)c(N=C3CCCN3C)nc2=O)C[C@@H]1CP(Cl)OCCC#N.CC[C@H]1OC(n2cc(C)c(N=C3CCCN3C)nc2=O)C[C@@H]1CP(OCCC#N)N(C(C)C)C(C)C. The van der Waals surface area contributed by atoms with Gasteiger partial charge in [-0.25, -0.2) is 19.6 Å². The van der Waals surface area contributed by atoms with Gasteiger partial charge in [0, 0.05) is 88.0 Å². The number of aryl methyl sites for hydroxylation is 2. The fourth-order valence-corrected chi connectivity index (χ4v) is 13.6. The van der Waals surface area contributed by atoms with Crippen molar-refractivity contribution in [1.82, 2.24) is 33.6 Å². The second-order valence-corrected chi connectivity index (χ2v) is 22.3. The highest BCUT2D eigenvalue weighted by atomic mass is 35.7. The first kappa shape index (κ1) is 53.6. The summed E-state index contributed by atoms with van der Waals surface area (Å²) >= 11 is 6.36. The minimum absolute atomic E-state index is 0.0116. The molecule has 0 amide bonds. The van der Waals surface area contributed by atoms with Crippen molar-refractivity contribution < 1.29 is 18.5 Å². The number of rotatable bonds is 19. The lowest BCUT2D eigenvalue weighted by Gasteiger charge is -2.38. The van der Waals surface area contributed by atoms with Gasteiger partial charge in [-0.1, -0.05) is 25.1 Å². The van der Waals surface area contributed by atoms with E-state index in [1.54, 1.807) is 15.3 Å². The molecule has 2 aromatic rings. The standard InChI is InChI=1S/C26H43N6O3P.C20H29ClN5O3P/c1-8-22-21(17-36(34-14-10-12-27)32(18(2)3)19(4)5)15-24(35-22)31-16-20(6)25(29-26(31)33)28-23-11-9-13-30(23)7;1-4-16-15(13-30(21)28-10-6-8-22)11-18(29-16)26-12-14(2)19(24-20(26)27)23-17-7-5-9-25(17)3/h16,18-19,21-22,24H,8-11,13-15,17H2,1-7H3;12,15-16,18H,4-7,9-11,13H2,1-3H3/t21-,22-,24?,36?;15-,16-,18?,30?/m11/s1. The molecule has 2 aromatic heterocycles. The number of likely N-dealkylation sites (tertiary alicyclic amines) is 2. The molecule has 0 saturated carbocycles. The molecule has 20 heteroatoms. The van der Waals surface area contributed by atoms with Crippen LogP contribution in [0.5, 0.6) is 0 Å². The molecule has 6 heterocycles. The fourth-order valence-electron chi connectivity index (χ4n) is 9.18. The topological polar surface area (TPSA) is 189 Å². The highest BCUT2D eigenvalue weighted by molar-refractivity contribution is 7.80. The number of ether oxygens (including phenoxy) is 2. The van der Waals surface area contributed by atoms with E-state index in [2.05, 4.69) is 88.1 Å². The number of nitrogens with zero attached hydrogens (tertiary/aromatic N) is 11. The lowest BCUT2D eigenvalue weighted by Crippen LogP contribution is -2.35. The zero-order valence-corrected chi connectivity index (χ0v) is 43.3. The van der Waals surface area contributed by atoms with Gasteiger partial charge in [0.05, 0.1) is 50.4 Å². The van der Waals surface area contributed by atoms with Gasteiger partial charge in [-0.05, 0) is 91.9 Å². The number of aromatic nitrogens is 4. The van der Waals surface area contributed by atoms with Gasteiger partial charge < -0.3 is 28.3 Å². The minimum atomic E-state index is -1.14. The maximum Gasteiger partial charge on any atom is 0.351 e. The molecular formula is C46H72ClN11O6P2. The van der Waals surface area contributed by atoms with Crippen LogP contribution in [0, 0.1) is 48.3 Å². The van der Waals surface area contributed by atoms with Crippen LogP contribution in [0.3, 0.4) is 0 Å². The van der Waals surface area contributed by atoms with Crippen LogP contribution in [-0.2, 0) is 18.5 Å². The van der Waals surface area contributed by atoms with Gasteiger partial charge in [-0.15, -0.1) is 0 Å².